The molecule has 0 aliphatic rings. The zero-order valence-corrected chi connectivity index (χ0v) is 20.8. The number of carbonyl (C=O) groups excluding carboxylic acids is 1. The molecule has 4 N–H and O–H groups in total. The van der Waals surface area contributed by atoms with Crippen LogP contribution in [0.1, 0.15) is 96.8 Å². The number of nitrogens with two attached hydrogens (primary N) is 1. The van der Waals surface area contributed by atoms with Gasteiger partial charge in [0.1, 0.15) is 6.10 Å². The van der Waals surface area contributed by atoms with E-state index in [2.05, 4.69) is 23.6 Å². The van der Waals surface area contributed by atoms with Gasteiger partial charge in [0.2, 0.25) is 0 Å². The minimum atomic E-state index is -4.26. The zero-order chi connectivity index (χ0) is 23.9. The second-order valence-electron chi connectivity index (χ2n) is 8.01. The summed E-state index contributed by atoms with van der Waals surface area (Å²) < 4.78 is 25.9. The van der Waals surface area contributed by atoms with E-state index >= 15 is 0 Å². The minimum absolute atomic E-state index is 0.0723. The molecule has 9 heteroatoms. The van der Waals surface area contributed by atoms with Gasteiger partial charge in [-0.3, -0.25) is 13.8 Å². The predicted molar refractivity (Wildman–Crippen MR) is 127 cm³/mol. The van der Waals surface area contributed by atoms with Crippen LogP contribution in [0.25, 0.3) is 0 Å². The lowest BCUT2D eigenvalue weighted by Crippen LogP contribution is -2.27. The second kappa shape index (κ2) is 22.1. The Morgan fingerprint density at radius 3 is 2.06 bits per heavy atom. The highest BCUT2D eigenvalue weighted by Gasteiger charge is 2.24. The summed E-state index contributed by atoms with van der Waals surface area (Å²) in [5.41, 5.74) is 5.19. The molecule has 2 atom stereocenters. The summed E-state index contributed by atoms with van der Waals surface area (Å²) in [7, 11) is -4.26. The number of unbranched alkanes of at least 4 members (excludes halogenated alkanes) is 11. The molecule has 0 heterocycles. The molecule has 0 rings (SSSR count). The summed E-state index contributed by atoms with van der Waals surface area (Å²) in [5.74, 6) is -0.454. The van der Waals surface area contributed by atoms with Gasteiger partial charge in [-0.05, 0) is 32.1 Å². The van der Waals surface area contributed by atoms with Crippen LogP contribution in [0.15, 0.2) is 12.2 Å². The molecule has 0 radical (unpaired) electrons. The fourth-order valence-corrected chi connectivity index (χ4v) is 3.86. The number of aliphatic hydroxyl groups excluding tert-OH is 1. The third-order valence-corrected chi connectivity index (χ3v) is 5.92. The molecule has 190 valence electrons. The Labute approximate surface area is 194 Å². The number of ether oxygens (including phenoxy) is 1. The normalized spacial score (nSPS) is 14.5. The molecule has 8 nitrogen and oxygen atoms in total. The van der Waals surface area contributed by atoms with Crippen LogP contribution < -0.4 is 5.73 Å². The van der Waals surface area contributed by atoms with Gasteiger partial charge in [0.05, 0.1) is 19.8 Å². The van der Waals surface area contributed by atoms with E-state index in [0.717, 1.165) is 25.7 Å². The molecular weight excluding hydrogens is 433 g/mol. The molecule has 1 unspecified atom stereocenters. The molecule has 0 spiro atoms. The minimum Gasteiger partial charge on any atom is -0.457 e. The van der Waals surface area contributed by atoms with E-state index in [1.165, 1.54) is 57.8 Å². The van der Waals surface area contributed by atoms with Gasteiger partial charge in [0.15, 0.2) is 0 Å². The van der Waals surface area contributed by atoms with Crippen LogP contribution >= 0.6 is 7.82 Å². The van der Waals surface area contributed by atoms with Crippen LogP contribution in [-0.4, -0.2) is 48.4 Å². The predicted octanol–water partition coefficient (Wildman–Crippen LogP) is 5.02. The van der Waals surface area contributed by atoms with Crippen LogP contribution in [-0.2, 0) is 23.1 Å². The van der Waals surface area contributed by atoms with Gasteiger partial charge in [-0.15, -0.1) is 0 Å². The number of rotatable bonds is 23. The maximum absolute atomic E-state index is 11.9. The van der Waals surface area contributed by atoms with E-state index < -0.39 is 33.1 Å². The molecule has 0 saturated carbocycles. The topological polar surface area (TPSA) is 128 Å². The van der Waals surface area contributed by atoms with Gasteiger partial charge in [-0.1, -0.05) is 70.4 Å². The number of phosphoric acid groups is 1. The first-order chi connectivity index (χ1) is 15.4. The first-order valence-corrected chi connectivity index (χ1v) is 13.7. The monoisotopic (exact) mass is 479 g/mol. The van der Waals surface area contributed by atoms with Crippen molar-refractivity contribution >= 4 is 13.8 Å². The number of hydrogen-bond acceptors (Lipinski definition) is 7. The number of aliphatic hydroxyl groups is 1. The number of allylic oxidation sites excluding steroid dienone is 2. The highest BCUT2D eigenvalue weighted by Crippen LogP contribution is 2.42. The van der Waals surface area contributed by atoms with E-state index in [-0.39, 0.29) is 19.6 Å². The SMILES string of the molecule is CCCCCC/C=C\CCCCCCCCCC(=O)O[C@H](CO)COP(=O)(O)OCCN. The van der Waals surface area contributed by atoms with Gasteiger partial charge in [0.25, 0.3) is 0 Å². The number of phosphoric ester groups is 1. The van der Waals surface area contributed by atoms with Gasteiger partial charge in [-0.2, -0.15) is 0 Å². The maximum Gasteiger partial charge on any atom is 0.472 e. The van der Waals surface area contributed by atoms with Gasteiger partial charge in [-0.25, -0.2) is 4.57 Å². The smallest absolute Gasteiger partial charge is 0.457 e. The van der Waals surface area contributed by atoms with Crippen LogP contribution in [0.2, 0.25) is 0 Å². The molecule has 32 heavy (non-hydrogen) atoms. The molecule has 0 aliphatic heterocycles. The van der Waals surface area contributed by atoms with Gasteiger partial charge >= 0.3 is 13.8 Å². The van der Waals surface area contributed by atoms with Crippen molar-refractivity contribution in [1.82, 2.24) is 0 Å². The average Bonchev–Trinajstić information content (AvgIpc) is 2.77. The standard InChI is InChI=1S/C23H46NO7P/c1-2-3-4-5-6-7-8-9-10-11-12-13-14-15-16-17-23(26)31-22(20-25)21-30-32(27,28)29-19-18-24/h7-8,22,25H,2-6,9-21,24H2,1H3,(H,27,28)/b8-7-/t22-/m1/s1. The fourth-order valence-electron chi connectivity index (χ4n) is 3.09. The highest BCUT2D eigenvalue weighted by molar-refractivity contribution is 7.47. The average molecular weight is 480 g/mol. The molecule has 0 fully saturated rings. The van der Waals surface area contributed by atoms with Crippen molar-refractivity contribution in [3.63, 3.8) is 0 Å². The fraction of sp³-hybridized carbons (Fsp3) is 0.870. The first-order valence-electron chi connectivity index (χ1n) is 12.2. The third kappa shape index (κ3) is 21.1. The summed E-state index contributed by atoms with van der Waals surface area (Å²) in [4.78, 5) is 21.3. The maximum atomic E-state index is 11.9. The molecule has 0 aliphatic carbocycles. The highest BCUT2D eigenvalue weighted by atomic mass is 31.2. The van der Waals surface area contributed by atoms with E-state index in [9.17, 15) is 19.4 Å². The molecule has 0 amide bonds. The number of carbonyl (C=O) groups is 1. The zero-order valence-electron chi connectivity index (χ0n) is 19.9. The van der Waals surface area contributed by atoms with E-state index in [4.69, 9.17) is 15.0 Å². The van der Waals surface area contributed by atoms with Crippen molar-refractivity contribution < 1.29 is 33.1 Å². The van der Waals surface area contributed by atoms with E-state index in [0.29, 0.717) is 0 Å². The summed E-state index contributed by atoms with van der Waals surface area (Å²) in [6, 6.07) is 0. The van der Waals surface area contributed by atoms with Crippen molar-refractivity contribution in [2.45, 2.75) is 103 Å². The summed E-state index contributed by atoms with van der Waals surface area (Å²) in [6.45, 7) is 1.25. The molecule has 0 bridgehead atoms. The lowest BCUT2D eigenvalue weighted by molar-refractivity contribution is -0.153. The van der Waals surface area contributed by atoms with Crippen LogP contribution in [0.3, 0.4) is 0 Å². The van der Waals surface area contributed by atoms with Crippen molar-refractivity contribution in [2.24, 2.45) is 5.73 Å². The van der Waals surface area contributed by atoms with Gasteiger partial charge < -0.3 is 20.5 Å². The van der Waals surface area contributed by atoms with E-state index in [1.54, 1.807) is 0 Å². The van der Waals surface area contributed by atoms with Crippen LogP contribution in [0.4, 0.5) is 0 Å². The number of hydrogen-bond donors (Lipinski definition) is 3. The largest absolute Gasteiger partial charge is 0.472 e. The van der Waals surface area contributed by atoms with Gasteiger partial charge in [0, 0.05) is 13.0 Å². The lowest BCUT2D eigenvalue weighted by atomic mass is 10.1. The molecular formula is C23H46NO7P. The second-order valence-corrected chi connectivity index (χ2v) is 9.47. The van der Waals surface area contributed by atoms with Crippen molar-refractivity contribution in [3.05, 3.63) is 12.2 Å². The molecule has 0 aromatic heterocycles. The summed E-state index contributed by atoms with van der Waals surface area (Å²) in [6.07, 6.45) is 19.1. The number of esters is 1. The molecule has 0 aromatic rings. The Bertz CT molecular complexity index is 517. The quantitative estimate of drug-likeness (QED) is 0.0806. The summed E-state index contributed by atoms with van der Waals surface area (Å²) in [5, 5.41) is 9.26. The van der Waals surface area contributed by atoms with Crippen LogP contribution in [0, 0.1) is 0 Å². The van der Waals surface area contributed by atoms with Crippen LogP contribution in [0.5, 0.6) is 0 Å². The lowest BCUT2D eigenvalue weighted by Gasteiger charge is -2.17. The van der Waals surface area contributed by atoms with E-state index in [1.807, 2.05) is 0 Å². The Kier molecular flexibility index (Phi) is 21.5. The molecule has 0 aromatic carbocycles. The molecule has 0 saturated heterocycles. The Hall–Kier alpha value is -0.760. The van der Waals surface area contributed by atoms with Crippen molar-refractivity contribution in [3.8, 4) is 0 Å². The Balaban J connectivity index is 3.61. The Morgan fingerprint density at radius 1 is 0.938 bits per heavy atom. The summed E-state index contributed by atoms with van der Waals surface area (Å²) >= 11 is 0. The first kappa shape index (κ1) is 31.2. The third-order valence-electron chi connectivity index (χ3n) is 4.94. The Morgan fingerprint density at radius 2 is 1.50 bits per heavy atom. The van der Waals surface area contributed by atoms with Crippen molar-refractivity contribution in [2.75, 3.05) is 26.4 Å². The van der Waals surface area contributed by atoms with Crippen molar-refractivity contribution in [1.29, 1.82) is 0 Å².